The van der Waals surface area contributed by atoms with Gasteiger partial charge in [0.25, 0.3) is 0 Å². The first-order valence-electron chi connectivity index (χ1n) is 7.87. The van der Waals surface area contributed by atoms with E-state index in [4.69, 9.17) is 0 Å². The van der Waals surface area contributed by atoms with Crippen LogP contribution in [0, 0.1) is 18.6 Å². The van der Waals surface area contributed by atoms with Crippen LogP contribution in [-0.4, -0.2) is 53.5 Å². The molecule has 0 aliphatic carbocycles. The van der Waals surface area contributed by atoms with Crippen LogP contribution in [0.3, 0.4) is 0 Å². The third-order valence-electron chi connectivity index (χ3n) is 4.17. The number of imidazole rings is 1. The second-order valence-electron chi connectivity index (χ2n) is 5.96. The van der Waals surface area contributed by atoms with E-state index in [1.165, 1.54) is 15.6 Å². The molecule has 1 aromatic carbocycles. The number of hydrogen-bond acceptors (Lipinski definition) is 6. The van der Waals surface area contributed by atoms with Gasteiger partial charge in [-0.05, 0) is 25.1 Å². The number of rotatable bonds is 3. The highest BCUT2D eigenvalue weighted by Gasteiger charge is 2.32. The van der Waals surface area contributed by atoms with Gasteiger partial charge in [0.15, 0.2) is 0 Å². The van der Waals surface area contributed by atoms with Crippen molar-refractivity contribution in [1.82, 2.24) is 18.9 Å². The normalized spacial score (nSPS) is 16.5. The van der Waals surface area contributed by atoms with Crippen LogP contribution in [0.2, 0.25) is 0 Å². The fourth-order valence-corrected chi connectivity index (χ4v) is 5.34. The Morgan fingerprint density at radius 1 is 1.15 bits per heavy atom. The lowest BCUT2D eigenvalue weighted by Gasteiger charge is -2.33. The molecule has 0 bridgehead atoms. The Hall–Kier alpha value is -2.11. The summed E-state index contributed by atoms with van der Waals surface area (Å²) in [7, 11) is -4.08. The maximum Gasteiger partial charge on any atom is 0.246 e. The lowest BCUT2D eigenvalue weighted by atomic mass is 10.3. The third kappa shape index (κ3) is 2.95. The van der Waals surface area contributed by atoms with Gasteiger partial charge in [0, 0.05) is 26.2 Å². The highest BCUT2D eigenvalue weighted by Crippen LogP contribution is 2.26. The third-order valence-corrected chi connectivity index (χ3v) is 7.07. The first-order chi connectivity index (χ1) is 12.3. The lowest BCUT2D eigenvalue weighted by molar-refractivity contribution is 0.381. The van der Waals surface area contributed by atoms with Gasteiger partial charge in [0.1, 0.15) is 16.5 Å². The average molecular weight is 399 g/mol. The monoisotopic (exact) mass is 399 g/mol. The molecule has 2 aromatic heterocycles. The van der Waals surface area contributed by atoms with E-state index >= 15 is 0 Å². The number of hydrogen-bond donors (Lipinski definition) is 0. The van der Waals surface area contributed by atoms with Gasteiger partial charge in [-0.2, -0.15) is 4.31 Å². The minimum atomic E-state index is -4.08. The van der Waals surface area contributed by atoms with Crippen molar-refractivity contribution >= 4 is 31.5 Å². The van der Waals surface area contributed by atoms with Gasteiger partial charge in [-0.1, -0.05) is 11.3 Å². The number of piperazine rings is 1. The maximum absolute atomic E-state index is 13.9. The molecule has 3 heterocycles. The summed E-state index contributed by atoms with van der Waals surface area (Å²) in [6.45, 7) is 3.03. The van der Waals surface area contributed by atoms with Gasteiger partial charge in [-0.3, -0.25) is 0 Å². The topological polar surface area (TPSA) is 70.8 Å². The van der Waals surface area contributed by atoms with Crippen molar-refractivity contribution in [3.63, 3.8) is 0 Å². The summed E-state index contributed by atoms with van der Waals surface area (Å²) in [4.78, 5) is 6.45. The van der Waals surface area contributed by atoms with Crippen LogP contribution in [0.25, 0.3) is 4.96 Å². The Balaban J connectivity index is 1.52. The van der Waals surface area contributed by atoms with Crippen LogP contribution >= 0.6 is 11.3 Å². The van der Waals surface area contributed by atoms with Gasteiger partial charge >= 0.3 is 0 Å². The summed E-state index contributed by atoms with van der Waals surface area (Å²) in [5.41, 5.74) is 0.878. The number of nitrogens with zero attached hydrogens (tertiary/aromatic N) is 5. The van der Waals surface area contributed by atoms with Crippen LogP contribution in [-0.2, 0) is 10.0 Å². The number of fused-ring (bicyclic) bond motifs is 1. The van der Waals surface area contributed by atoms with Crippen molar-refractivity contribution in [1.29, 1.82) is 0 Å². The van der Waals surface area contributed by atoms with Gasteiger partial charge in [-0.25, -0.2) is 26.7 Å². The molecule has 0 radical (unpaired) electrons. The Kier molecular flexibility index (Phi) is 4.16. The van der Waals surface area contributed by atoms with Crippen LogP contribution in [0.15, 0.2) is 29.3 Å². The van der Waals surface area contributed by atoms with E-state index in [1.807, 2.05) is 18.0 Å². The summed E-state index contributed by atoms with van der Waals surface area (Å²) >= 11 is 1.42. The highest BCUT2D eigenvalue weighted by atomic mass is 32.2. The minimum Gasteiger partial charge on any atom is -0.344 e. The summed E-state index contributed by atoms with van der Waals surface area (Å²) in [5, 5.41) is 5.20. The second kappa shape index (κ2) is 6.25. The van der Waals surface area contributed by atoms with Crippen LogP contribution in [0.5, 0.6) is 0 Å². The van der Waals surface area contributed by atoms with Gasteiger partial charge in [-0.15, -0.1) is 5.10 Å². The summed E-state index contributed by atoms with van der Waals surface area (Å²) in [6.07, 6.45) is 1.82. The van der Waals surface area contributed by atoms with Crippen LogP contribution in [0.1, 0.15) is 5.69 Å². The second-order valence-corrected chi connectivity index (χ2v) is 8.80. The molecule has 1 aliphatic rings. The molecule has 11 heteroatoms. The number of aryl methyl sites for hydroxylation is 1. The van der Waals surface area contributed by atoms with Crippen molar-refractivity contribution < 1.29 is 17.2 Å². The smallest absolute Gasteiger partial charge is 0.246 e. The molecule has 138 valence electrons. The number of sulfonamides is 1. The fourth-order valence-electron chi connectivity index (χ4n) is 2.86. The fraction of sp³-hybridized carbons (Fsp3) is 0.333. The number of halogens is 2. The molecule has 0 unspecified atom stereocenters. The molecule has 1 aliphatic heterocycles. The molecule has 1 saturated heterocycles. The first-order valence-corrected chi connectivity index (χ1v) is 10.1. The zero-order valence-electron chi connectivity index (χ0n) is 13.8. The molecular formula is C15H15F2N5O2S2. The van der Waals surface area contributed by atoms with Crippen LogP contribution < -0.4 is 4.90 Å². The molecule has 0 amide bonds. The SMILES string of the molecule is Cc1cn2nc(N3CCN(S(=O)(=O)c4cc(F)ccc4F)CC3)sc2n1. The first kappa shape index (κ1) is 17.3. The largest absolute Gasteiger partial charge is 0.344 e. The predicted molar refractivity (Wildman–Crippen MR) is 92.9 cm³/mol. The molecule has 4 rings (SSSR count). The summed E-state index contributed by atoms with van der Waals surface area (Å²) in [6, 6.07) is 2.44. The maximum atomic E-state index is 13.9. The van der Waals surface area contributed by atoms with Crippen molar-refractivity contribution in [3.8, 4) is 0 Å². The molecular weight excluding hydrogens is 384 g/mol. The lowest BCUT2D eigenvalue weighted by Crippen LogP contribution is -2.48. The standard InChI is InChI=1S/C15H15F2N5O2S2/c1-10-9-22-14(18-10)25-15(19-22)20-4-6-21(7-5-20)26(23,24)13-8-11(16)2-3-12(13)17/h2-3,8-9H,4-7H2,1H3. The molecule has 0 saturated carbocycles. The Morgan fingerprint density at radius 2 is 1.88 bits per heavy atom. The van der Waals surface area contributed by atoms with E-state index < -0.39 is 26.6 Å². The summed E-state index contributed by atoms with van der Waals surface area (Å²) in [5.74, 6) is -1.74. The molecule has 1 fully saturated rings. The van der Waals surface area contributed by atoms with E-state index in [0.29, 0.717) is 13.1 Å². The van der Waals surface area contributed by atoms with Crippen LogP contribution in [0.4, 0.5) is 13.9 Å². The molecule has 26 heavy (non-hydrogen) atoms. The molecule has 0 N–H and O–H groups in total. The zero-order chi connectivity index (χ0) is 18.5. The number of anilines is 1. The molecule has 0 atom stereocenters. The molecule has 0 spiro atoms. The minimum absolute atomic E-state index is 0.166. The van der Waals surface area contributed by atoms with Crippen molar-refractivity contribution in [2.45, 2.75) is 11.8 Å². The van der Waals surface area contributed by atoms with E-state index in [0.717, 1.165) is 34.0 Å². The van der Waals surface area contributed by atoms with E-state index in [-0.39, 0.29) is 13.1 Å². The van der Waals surface area contributed by atoms with Crippen molar-refractivity contribution in [3.05, 3.63) is 41.7 Å². The quantitative estimate of drug-likeness (QED) is 0.673. The highest BCUT2D eigenvalue weighted by molar-refractivity contribution is 7.89. The van der Waals surface area contributed by atoms with Gasteiger partial charge in [0.05, 0.1) is 11.9 Å². The number of aromatic nitrogens is 3. The number of benzene rings is 1. The van der Waals surface area contributed by atoms with Gasteiger partial charge in [0.2, 0.25) is 20.1 Å². The van der Waals surface area contributed by atoms with E-state index in [2.05, 4.69) is 10.1 Å². The van der Waals surface area contributed by atoms with Crippen molar-refractivity contribution in [2.75, 3.05) is 31.1 Å². The van der Waals surface area contributed by atoms with Gasteiger partial charge < -0.3 is 4.90 Å². The Bertz CT molecular complexity index is 1040. The zero-order valence-corrected chi connectivity index (χ0v) is 15.4. The Morgan fingerprint density at radius 3 is 2.58 bits per heavy atom. The summed E-state index contributed by atoms with van der Waals surface area (Å²) < 4.78 is 55.3. The predicted octanol–water partition coefficient (Wildman–Crippen LogP) is 1.89. The average Bonchev–Trinajstić information content (AvgIpc) is 3.14. The van der Waals surface area contributed by atoms with E-state index in [1.54, 1.807) is 4.52 Å². The van der Waals surface area contributed by atoms with Crippen molar-refractivity contribution in [2.24, 2.45) is 0 Å². The molecule has 3 aromatic rings. The van der Waals surface area contributed by atoms with E-state index in [9.17, 15) is 17.2 Å². The molecule has 7 nitrogen and oxygen atoms in total. The Labute approximate surface area is 152 Å².